The van der Waals surface area contributed by atoms with Gasteiger partial charge in [0.2, 0.25) is 5.88 Å². The minimum atomic E-state index is -0.387. The molecule has 0 bridgehead atoms. The summed E-state index contributed by atoms with van der Waals surface area (Å²) in [6.45, 7) is 2.68. The fraction of sp³-hybridized carbons (Fsp3) is 0.545. The molecule has 1 aliphatic rings. The molecule has 0 amide bonds. The Kier molecular flexibility index (Phi) is 3.50. The molecule has 0 saturated carbocycles. The minimum Gasteiger partial charge on any atom is -0.476 e. The van der Waals surface area contributed by atoms with Crippen molar-refractivity contribution in [3.05, 3.63) is 24.1 Å². The van der Waals surface area contributed by atoms with E-state index in [4.69, 9.17) is 4.74 Å². The summed E-state index contributed by atoms with van der Waals surface area (Å²) in [4.78, 5) is 3.83. The second kappa shape index (κ2) is 5.07. The van der Waals surface area contributed by atoms with Gasteiger partial charge < -0.3 is 10.1 Å². The minimum absolute atomic E-state index is 0.114. The molecule has 1 aromatic rings. The molecule has 1 saturated heterocycles. The number of hydrogen-bond acceptors (Lipinski definition) is 3. The highest BCUT2D eigenvalue weighted by molar-refractivity contribution is 5.12. The third kappa shape index (κ3) is 2.89. The van der Waals surface area contributed by atoms with Crippen molar-refractivity contribution in [3.63, 3.8) is 0 Å². The molecule has 82 valence electrons. The van der Waals surface area contributed by atoms with Gasteiger partial charge in [0.1, 0.15) is 0 Å². The molecule has 0 aromatic carbocycles. The average Bonchev–Trinajstić information content (AvgIpc) is 2.74. The summed E-state index contributed by atoms with van der Waals surface area (Å²) in [5, 5.41) is 3.29. The maximum Gasteiger partial charge on any atom is 0.250 e. The number of nitrogens with one attached hydrogen (secondary N) is 1. The van der Waals surface area contributed by atoms with Crippen LogP contribution in [0.2, 0.25) is 0 Å². The fourth-order valence-electron chi connectivity index (χ4n) is 1.76. The Balaban J connectivity index is 1.75. The molecular formula is C11H15FN2O. The number of rotatable bonds is 4. The zero-order valence-electron chi connectivity index (χ0n) is 8.58. The normalized spacial score (nSPS) is 20.5. The Bertz CT molecular complexity index is 313. The lowest BCUT2D eigenvalue weighted by atomic mass is 10.1. The molecule has 1 fully saturated rings. The highest BCUT2D eigenvalue weighted by Crippen LogP contribution is 2.15. The van der Waals surface area contributed by atoms with Crippen molar-refractivity contribution in [2.24, 2.45) is 5.92 Å². The highest BCUT2D eigenvalue weighted by Gasteiger charge is 2.14. The number of aromatic nitrogens is 1. The second-order valence-corrected chi connectivity index (χ2v) is 3.79. The maximum absolute atomic E-state index is 13.1. The molecule has 4 heteroatoms. The van der Waals surface area contributed by atoms with Gasteiger partial charge in [0.05, 0.1) is 6.61 Å². The van der Waals surface area contributed by atoms with Crippen molar-refractivity contribution in [1.82, 2.24) is 10.3 Å². The molecule has 1 aromatic heterocycles. The van der Waals surface area contributed by atoms with Crippen LogP contribution in [0.15, 0.2) is 18.3 Å². The first-order valence-corrected chi connectivity index (χ1v) is 5.30. The highest BCUT2D eigenvalue weighted by atomic mass is 19.1. The number of halogens is 1. The van der Waals surface area contributed by atoms with Crippen LogP contribution in [-0.2, 0) is 0 Å². The zero-order valence-corrected chi connectivity index (χ0v) is 8.58. The Morgan fingerprint density at radius 2 is 2.53 bits per heavy atom. The van der Waals surface area contributed by atoms with Crippen LogP contribution in [0.4, 0.5) is 4.39 Å². The smallest absolute Gasteiger partial charge is 0.250 e. The van der Waals surface area contributed by atoms with Gasteiger partial charge in [-0.2, -0.15) is 0 Å². The number of hydrogen-bond donors (Lipinski definition) is 1. The number of nitrogens with zero attached hydrogens (tertiary/aromatic N) is 1. The van der Waals surface area contributed by atoms with E-state index in [-0.39, 0.29) is 11.7 Å². The van der Waals surface area contributed by atoms with Crippen LogP contribution in [0.5, 0.6) is 5.88 Å². The summed E-state index contributed by atoms with van der Waals surface area (Å²) >= 11 is 0. The maximum atomic E-state index is 13.1. The average molecular weight is 210 g/mol. The van der Waals surface area contributed by atoms with E-state index in [1.165, 1.54) is 18.7 Å². The van der Waals surface area contributed by atoms with Gasteiger partial charge in [-0.25, -0.2) is 9.37 Å². The van der Waals surface area contributed by atoms with Crippen LogP contribution in [0.1, 0.15) is 12.8 Å². The van der Waals surface area contributed by atoms with Gasteiger partial charge >= 0.3 is 0 Å². The summed E-state index contributed by atoms with van der Waals surface area (Å²) in [6, 6.07) is 2.92. The Morgan fingerprint density at radius 3 is 3.27 bits per heavy atom. The molecule has 2 rings (SSSR count). The van der Waals surface area contributed by atoms with Crippen molar-refractivity contribution in [2.75, 3.05) is 19.7 Å². The van der Waals surface area contributed by atoms with Gasteiger partial charge in [-0.15, -0.1) is 0 Å². The molecule has 1 atom stereocenters. The van der Waals surface area contributed by atoms with Crippen LogP contribution in [0, 0.1) is 11.7 Å². The molecule has 3 nitrogen and oxygen atoms in total. The van der Waals surface area contributed by atoms with Crippen LogP contribution >= 0.6 is 0 Å². The first-order chi connectivity index (χ1) is 7.36. The molecule has 1 N–H and O–H groups in total. The fourth-order valence-corrected chi connectivity index (χ4v) is 1.76. The molecule has 0 spiro atoms. The van der Waals surface area contributed by atoms with Crippen molar-refractivity contribution >= 4 is 0 Å². The van der Waals surface area contributed by atoms with Gasteiger partial charge in [0.25, 0.3) is 0 Å². The zero-order chi connectivity index (χ0) is 10.5. The molecule has 2 heterocycles. The predicted octanol–water partition coefficient (Wildman–Crippen LogP) is 1.60. The van der Waals surface area contributed by atoms with Gasteiger partial charge in [-0.1, -0.05) is 0 Å². The monoisotopic (exact) mass is 210 g/mol. The topological polar surface area (TPSA) is 34.1 Å². The Morgan fingerprint density at radius 1 is 1.60 bits per heavy atom. The van der Waals surface area contributed by atoms with Gasteiger partial charge in [-0.3, -0.25) is 0 Å². The quantitative estimate of drug-likeness (QED) is 0.819. The molecule has 1 unspecified atom stereocenters. The van der Waals surface area contributed by atoms with Crippen molar-refractivity contribution in [2.45, 2.75) is 12.8 Å². The van der Waals surface area contributed by atoms with E-state index in [0.29, 0.717) is 12.5 Å². The summed E-state index contributed by atoms with van der Waals surface area (Å²) in [5.74, 6) is 0.391. The Hall–Kier alpha value is -1.16. The van der Waals surface area contributed by atoms with Crippen LogP contribution in [0.3, 0.4) is 0 Å². The number of ether oxygens (including phenoxy) is 1. The van der Waals surface area contributed by atoms with Crippen molar-refractivity contribution < 1.29 is 9.13 Å². The van der Waals surface area contributed by atoms with E-state index in [1.807, 2.05) is 0 Å². The lowest BCUT2D eigenvalue weighted by Crippen LogP contribution is -2.12. The van der Waals surface area contributed by atoms with Crippen LogP contribution in [-0.4, -0.2) is 24.7 Å². The number of pyridine rings is 1. The SMILES string of the molecule is Fc1cccnc1OCCC1CCNC1. The third-order valence-corrected chi connectivity index (χ3v) is 2.65. The largest absolute Gasteiger partial charge is 0.476 e. The lowest BCUT2D eigenvalue weighted by molar-refractivity contribution is 0.261. The lowest BCUT2D eigenvalue weighted by Gasteiger charge is -2.09. The van der Waals surface area contributed by atoms with E-state index in [1.54, 1.807) is 6.07 Å². The molecule has 15 heavy (non-hydrogen) atoms. The first kappa shape index (κ1) is 10.4. The summed E-state index contributed by atoms with van der Waals surface area (Å²) in [6.07, 6.45) is 3.69. The van der Waals surface area contributed by atoms with E-state index in [0.717, 1.165) is 19.5 Å². The Labute approximate surface area is 88.7 Å². The van der Waals surface area contributed by atoms with Crippen molar-refractivity contribution in [3.8, 4) is 5.88 Å². The summed E-state index contributed by atoms with van der Waals surface area (Å²) in [5.41, 5.74) is 0. The van der Waals surface area contributed by atoms with Gasteiger partial charge in [-0.05, 0) is 44.0 Å². The van der Waals surface area contributed by atoms with Crippen LogP contribution < -0.4 is 10.1 Å². The third-order valence-electron chi connectivity index (χ3n) is 2.65. The van der Waals surface area contributed by atoms with E-state index in [2.05, 4.69) is 10.3 Å². The summed E-state index contributed by atoms with van der Waals surface area (Å²) < 4.78 is 18.4. The molecule has 1 aliphatic heterocycles. The van der Waals surface area contributed by atoms with Gasteiger partial charge in [0, 0.05) is 6.20 Å². The standard InChI is InChI=1S/C11H15FN2O/c12-10-2-1-5-14-11(10)15-7-4-9-3-6-13-8-9/h1-2,5,9,13H,3-4,6-8H2. The van der Waals surface area contributed by atoms with E-state index < -0.39 is 0 Å². The predicted molar refractivity (Wildman–Crippen MR) is 55.3 cm³/mol. The molecule has 0 radical (unpaired) electrons. The first-order valence-electron chi connectivity index (χ1n) is 5.30. The van der Waals surface area contributed by atoms with Gasteiger partial charge in [0.15, 0.2) is 5.82 Å². The van der Waals surface area contributed by atoms with Crippen LogP contribution in [0.25, 0.3) is 0 Å². The van der Waals surface area contributed by atoms with Crippen molar-refractivity contribution in [1.29, 1.82) is 0 Å². The van der Waals surface area contributed by atoms with E-state index in [9.17, 15) is 4.39 Å². The molecule has 0 aliphatic carbocycles. The second-order valence-electron chi connectivity index (χ2n) is 3.79. The molecular weight excluding hydrogens is 195 g/mol. The summed E-state index contributed by atoms with van der Waals surface area (Å²) in [7, 11) is 0. The van der Waals surface area contributed by atoms with E-state index >= 15 is 0 Å².